The predicted octanol–water partition coefficient (Wildman–Crippen LogP) is 4.31. The number of halogens is 5. The highest BCUT2D eigenvalue weighted by atomic mass is 35.5. The van der Waals surface area contributed by atoms with Crippen molar-refractivity contribution in [2.75, 3.05) is 36.0 Å². The summed E-state index contributed by atoms with van der Waals surface area (Å²) in [5.74, 6) is 0.0959. The SMILES string of the molecule is N#Cc1nc(N2CC3(C2)CN(c2nnc4n2-c2ccc(Cl)cc2CN(C2CC(C(F)(F)F)C2)C4)C3)ccc1F. The van der Waals surface area contributed by atoms with E-state index >= 15 is 0 Å². The molecule has 8 nitrogen and oxygen atoms in total. The van der Waals surface area contributed by atoms with Crippen molar-refractivity contribution >= 4 is 23.4 Å². The van der Waals surface area contributed by atoms with Gasteiger partial charge in [-0.1, -0.05) is 11.6 Å². The molecule has 0 radical (unpaired) electrons. The summed E-state index contributed by atoms with van der Waals surface area (Å²) in [6.07, 6.45) is -3.99. The van der Waals surface area contributed by atoms with Crippen molar-refractivity contribution in [3.05, 3.63) is 58.3 Å². The molecule has 1 aliphatic carbocycles. The average molecular weight is 559 g/mol. The molecule has 0 unspecified atom stereocenters. The molecule has 3 aliphatic heterocycles. The lowest BCUT2D eigenvalue weighted by Crippen LogP contribution is -2.73. The van der Waals surface area contributed by atoms with Crippen LogP contribution in [0.15, 0.2) is 30.3 Å². The number of benzene rings is 1. The Morgan fingerprint density at radius 1 is 1.00 bits per heavy atom. The average Bonchev–Trinajstić information content (AvgIpc) is 3.12. The highest BCUT2D eigenvalue weighted by molar-refractivity contribution is 6.30. The number of nitriles is 1. The molecular weight excluding hydrogens is 536 g/mol. The van der Waals surface area contributed by atoms with Crippen LogP contribution < -0.4 is 9.80 Å². The Bertz CT molecular complexity index is 1490. The molecule has 2 saturated heterocycles. The third kappa shape index (κ3) is 4.02. The lowest BCUT2D eigenvalue weighted by Gasteiger charge is -2.60. The van der Waals surface area contributed by atoms with Crippen LogP contribution in [-0.4, -0.2) is 63.0 Å². The first-order chi connectivity index (χ1) is 18.6. The van der Waals surface area contributed by atoms with Crippen molar-refractivity contribution in [1.29, 1.82) is 5.26 Å². The standard InChI is InChI=1S/C26H23ClF4N8/c27-17-1-3-21-15(5-17)9-36(18-6-16(7-18)26(29,30)31)10-23-34-35-24(39(21)23)38-13-25(14-38)11-37(12-25)22-4-2-19(28)20(8-32)33-22/h1-5,16,18H,6-7,9-14H2. The molecule has 0 amide bonds. The summed E-state index contributed by atoms with van der Waals surface area (Å²) in [6.45, 7) is 3.85. The second-order valence-corrected chi connectivity index (χ2v) is 11.6. The Morgan fingerprint density at radius 3 is 2.46 bits per heavy atom. The van der Waals surface area contributed by atoms with Crippen LogP contribution >= 0.6 is 11.6 Å². The Balaban J connectivity index is 1.10. The highest BCUT2D eigenvalue weighted by Gasteiger charge is 2.54. The molecule has 202 valence electrons. The van der Waals surface area contributed by atoms with Gasteiger partial charge in [0, 0.05) is 49.2 Å². The second kappa shape index (κ2) is 8.53. The Labute approximate surface area is 226 Å². The van der Waals surface area contributed by atoms with E-state index in [-0.39, 0.29) is 30.0 Å². The van der Waals surface area contributed by atoms with Gasteiger partial charge in [-0.25, -0.2) is 9.37 Å². The van der Waals surface area contributed by atoms with Gasteiger partial charge in [0.2, 0.25) is 5.95 Å². The van der Waals surface area contributed by atoms with Crippen LogP contribution in [0.3, 0.4) is 0 Å². The zero-order chi connectivity index (χ0) is 27.1. The fourth-order valence-corrected chi connectivity index (χ4v) is 6.54. The van der Waals surface area contributed by atoms with Crippen molar-refractivity contribution in [2.24, 2.45) is 11.3 Å². The van der Waals surface area contributed by atoms with Gasteiger partial charge in [-0.2, -0.15) is 18.4 Å². The molecule has 0 N–H and O–H groups in total. The zero-order valence-electron chi connectivity index (χ0n) is 20.7. The first-order valence-corrected chi connectivity index (χ1v) is 13.1. The van der Waals surface area contributed by atoms with Gasteiger partial charge in [-0.05, 0) is 48.7 Å². The van der Waals surface area contributed by atoms with Crippen LogP contribution in [0, 0.1) is 28.5 Å². The molecule has 39 heavy (non-hydrogen) atoms. The predicted molar refractivity (Wildman–Crippen MR) is 134 cm³/mol. The molecule has 0 atom stereocenters. The maximum absolute atomic E-state index is 13.7. The summed E-state index contributed by atoms with van der Waals surface area (Å²) >= 11 is 6.32. The molecule has 3 aromatic rings. The molecule has 5 heterocycles. The van der Waals surface area contributed by atoms with E-state index in [4.69, 9.17) is 16.9 Å². The van der Waals surface area contributed by atoms with Gasteiger partial charge in [0.05, 0.1) is 18.2 Å². The minimum absolute atomic E-state index is 0.0351. The van der Waals surface area contributed by atoms with E-state index in [1.54, 1.807) is 18.2 Å². The number of alkyl halides is 3. The molecule has 0 bridgehead atoms. The summed E-state index contributed by atoms with van der Waals surface area (Å²) in [7, 11) is 0. The van der Waals surface area contributed by atoms with Gasteiger partial charge in [-0.15, -0.1) is 10.2 Å². The first kappa shape index (κ1) is 24.6. The highest BCUT2D eigenvalue weighted by Crippen LogP contribution is 2.46. The van der Waals surface area contributed by atoms with Gasteiger partial charge < -0.3 is 9.80 Å². The number of rotatable bonds is 3. The molecule has 1 aromatic carbocycles. The van der Waals surface area contributed by atoms with E-state index in [9.17, 15) is 17.6 Å². The summed E-state index contributed by atoms with van der Waals surface area (Å²) in [6, 6.07) is 10.1. The number of aromatic nitrogens is 4. The van der Waals surface area contributed by atoms with Crippen LogP contribution in [0.25, 0.3) is 5.69 Å². The topological polar surface area (TPSA) is 77.1 Å². The number of fused-ring (bicyclic) bond motifs is 3. The lowest BCUT2D eigenvalue weighted by atomic mass is 9.73. The zero-order valence-corrected chi connectivity index (χ0v) is 21.4. The molecule has 13 heteroatoms. The summed E-state index contributed by atoms with van der Waals surface area (Å²) in [5.41, 5.74) is 1.64. The minimum Gasteiger partial charge on any atom is -0.355 e. The van der Waals surface area contributed by atoms with E-state index in [1.165, 1.54) is 6.07 Å². The molecular formula is C26H23ClF4N8. The van der Waals surface area contributed by atoms with Crippen molar-refractivity contribution in [2.45, 2.75) is 38.1 Å². The molecule has 1 saturated carbocycles. The third-order valence-corrected chi connectivity index (χ3v) is 8.69. The quantitative estimate of drug-likeness (QED) is 0.443. The molecule has 7 rings (SSSR count). The number of hydrogen-bond donors (Lipinski definition) is 0. The fourth-order valence-electron chi connectivity index (χ4n) is 6.34. The van der Waals surface area contributed by atoms with Gasteiger partial charge >= 0.3 is 6.18 Å². The molecule has 3 fully saturated rings. The van der Waals surface area contributed by atoms with E-state index in [0.29, 0.717) is 35.7 Å². The lowest BCUT2D eigenvalue weighted by molar-refractivity contribution is -0.207. The smallest absolute Gasteiger partial charge is 0.355 e. The normalized spacial score (nSPS) is 23.7. The van der Waals surface area contributed by atoms with Gasteiger partial charge in [-0.3, -0.25) is 9.47 Å². The first-order valence-electron chi connectivity index (χ1n) is 12.7. The summed E-state index contributed by atoms with van der Waals surface area (Å²) in [5, 5.41) is 18.6. The minimum atomic E-state index is -4.16. The number of nitrogens with zero attached hydrogens (tertiary/aromatic N) is 8. The van der Waals surface area contributed by atoms with E-state index in [1.807, 2.05) is 21.6 Å². The van der Waals surface area contributed by atoms with Crippen LogP contribution in [0.2, 0.25) is 5.02 Å². The molecule has 2 aromatic heterocycles. The fraction of sp³-hybridized carbons (Fsp3) is 0.462. The molecule has 1 spiro atoms. The van der Waals surface area contributed by atoms with Crippen molar-refractivity contribution in [3.8, 4) is 11.8 Å². The Morgan fingerprint density at radius 2 is 1.74 bits per heavy atom. The van der Waals surface area contributed by atoms with Crippen LogP contribution in [-0.2, 0) is 13.1 Å². The Hall–Kier alpha value is -3.43. The van der Waals surface area contributed by atoms with Crippen molar-refractivity contribution < 1.29 is 17.6 Å². The summed E-state index contributed by atoms with van der Waals surface area (Å²) in [4.78, 5) is 10.4. The third-order valence-electron chi connectivity index (χ3n) is 8.46. The Kier molecular flexibility index (Phi) is 5.38. The van der Waals surface area contributed by atoms with Gasteiger partial charge in [0.15, 0.2) is 17.3 Å². The second-order valence-electron chi connectivity index (χ2n) is 11.1. The summed E-state index contributed by atoms with van der Waals surface area (Å²) < 4.78 is 55.1. The number of anilines is 2. The maximum atomic E-state index is 13.7. The van der Waals surface area contributed by atoms with E-state index < -0.39 is 17.9 Å². The van der Waals surface area contributed by atoms with E-state index in [2.05, 4.69) is 25.0 Å². The monoisotopic (exact) mass is 558 g/mol. The molecule has 4 aliphatic rings. The van der Waals surface area contributed by atoms with Gasteiger partial charge in [0.25, 0.3) is 0 Å². The van der Waals surface area contributed by atoms with E-state index in [0.717, 1.165) is 37.4 Å². The van der Waals surface area contributed by atoms with Crippen LogP contribution in [0.4, 0.5) is 29.3 Å². The van der Waals surface area contributed by atoms with Crippen molar-refractivity contribution in [3.63, 3.8) is 0 Å². The largest absolute Gasteiger partial charge is 0.391 e. The maximum Gasteiger partial charge on any atom is 0.391 e. The van der Waals surface area contributed by atoms with Crippen LogP contribution in [0.1, 0.15) is 29.9 Å². The van der Waals surface area contributed by atoms with Crippen molar-refractivity contribution in [1.82, 2.24) is 24.6 Å². The van der Waals surface area contributed by atoms with Gasteiger partial charge in [0.1, 0.15) is 11.9 Å². The number of pyridine rings is 1. The number of hydrogen-bond acceptors (Lipinski definition) is 7. The van der Waals surface area contributed by atoms with Crippen LogP contribution in [0.5, 0.6) is 0 Å².